The van der Waals surface area contributed by atoms with E-state index in [0.717, 1.165) is 0 Å². The molecular formula is C18H18N2O5. The Kier molecular flexibility index (Phi) is 6.25. The first-order chi connectivity index (χ1) is 12.0. The molecule has 0 radical (unpaired) electrons. The highest BCUT2D eigenvalue weighted by molar-refractivity contribution is 6.04. The van der Waals surface area contributed by atoms with Gasteiger partial charge in [-0.2, -0.15) is 5.06 Å². The average Bonchev–Trinajstić information content (AvgIpc) is 2.64. The zero-order chi connectivity index (χ0) is 18.2. The van der Waals surface area contributed by atoms with Crippen LogP contribution in [0.3, 0.4) is 0 Å². The summed E-state index contributed by atoms with van der Waals surface area (Å²) in [5.74, 6) is -1.84. The molecule has 0 heterocycles. The van der Waals surface area contributed by atoms with Crippen molar-refractivity contribution in [3.05, 3.63) is 65.7 Å². The lowest BCUT2D eigenvalue weighted by Crippen LogP contribution is -2.27. The van der Waals surface area contributed by atoms with Crippen molar-refractivity contribution in [2.24, 2.45) is 0 Å². The molecule has 130 valence electrons. The van der Waals surface area contributed by atoms with E-state index in [4.69, 9.17) is 5.11 Å². The van der Waals surface area contributed by atoms with Crippen molar-refractivity contribution in [2.75, 3.05) is 11.6 Å². The average molecular weight is 342 g/mol. The van der Waals surface area contributed by atoms with Gasteiger partial charge in [0.1, 0.15) is 0 Å². The van der Waals surface area contributed by atoms with Crippen molar-refractivity contribution in [2.45, 2.75) is 12.8 Å². The molecule has 0 aliphatic heterocycles. The number of carboxylic acid groups (broad SMARTS) is 1. The first kappa shape index (κ1) is 18.2. The van der Waals surface area contributed by atoms with Crippen LogP contribution in [0.2, 0.25) is 0 Å². The minimum Gasteiger partial charge on any atom is -0.481 e. The summed E-state index contributed by atoms with van der Waals surface area (Å²) in [7, 11) is 0. The lowest BCUT2D eigenvalue weighted by molar-refractivity contribution is -0.137. The summed E-state index contributed by atoms with van der Waals surface area (Å²) >= 11 is 0. The zero-order valence-corrected chi connectivity index (χ0v) is 13.4. The highest BCUT2D eigenvalue weighted by Gasteiger charge is 2.15. The van der Waals surface area contributed by atoms with Gasteiger partial charge in [0.05, 0.1) is 5.69 Å². The Hall–Kier alpha value is -3.19. The van der Waals surface area contributed by atoms with E-state index in [1.54, 1.807) is 30.3 Å². The minimum absolute atomic E-state index is 0.0136. The van der Waals surface area contributed by atoms with Crippen LogP contribution in [0.1, 0.15) is 33.6 Å². The second-order valence-corrected chi connectivity index (χ2v) is 5.28. The number of carboxylic acids is 1. The topological polar surface area (TPSA) is 107 Å². The lowest BCUT2D eigenvalue weighted by Gasteiger charge is -2.15. The van der Waals surface area contributed by atoms with Gasteiger partial charge in [0, 0.05) is 24.1 Å². The van der Waals surface area contributed by atoms with Gasteiger partial charge in [-0.3, -0.25) is 19.6 Å². The molecule has 0 unspecified atom stereocenters. The monoisotopic (exact) mass is 342 g/mol. The molecule has 2 amide bonds. The number of nitrogens with zero attached hydrogens (tertiary/aromatic N) is 1. The third kappa shape index (κ3) is 5.15. The summed E-state index contributed by atoms with van der Waals surface area (Å²) in [5, 5.41) is 21.7. The predicted octanol–water partition coefficient (Wildman–Crippen LogP) is 2.32. The summed E-state index contributed by atoms with van der Waals surface area (Å²) in [4.78, 5) is 34.5. The molecule has 2 aromatic carbocycles. The molecule has 2 rings (SSSR count). The van der Waals surface area contributed by atoms with Gasteiger partial charge in [-0.25, -0.2) is 0 Å². The first-order valence-corrected chi connectivity index (χ1v) is 7.67. The second-order valence-electron chi connectivity index (χ2n) is 5.28. The van der Waals surface area contributed by atoms with Gasteiger partial charge in [-0.1, -0.05) is 18.2 Å². The van der Waals surface area contributed by atoms with E-state index in [1.165, 1.54) is 24.3 Å². The van der Waals surface area contributed by atoms with Gasteiger partial charge >= 0.3 is 5.97 Å². The normalized spacial score (nSPS) is 10.1. The fourth-order valence-electron chi connectivity index (χ4n) is 2.12. The van der Waals surface area contributed by atoms with Crippen molar-refractivity contribution in [3.8, 4) is 0 Å². The van der Waals surface area contributed by atoms with Crippen molar-refractivity contribution in [3.63, 3.8) is 0 Å². The Morgan fingerprint density at radius 3 is 2.16 bits per heavy atom. The van der Waals surface area contributed by atoms with Crippen molar-refractivity contribution in [1.29, 1.82) is 0 Å². The van der Waals surface area contributed by atoms with Crippen LogP contribution in [0.4, 0.5) is 5.69 Å². The molecule has 0 aromatic heterocycles. The van der Waals surface area contributed by atoms with Crippen LogP contribution in [0, 0.1) is 0 Å². The van der Waals surface area contributed by atoms with Crippen LogP contribution in [0.15, 0.2) is 54.6 Å². The number of benzene rings is 2. The van der Waals surface area contributed by atoms with Crippen molar-refractivity contribution >= 4 is 23.5 Å². The molecule has 0 fully saturated rings. The first-order valence-electron chi connectivity index (χ1n) is 7.67. The summed E-state index contributed by atoms with van der Waals surface area (Å²) in [6, 6.07) is 14.2. The highest BCUT2D eigenvalue weighted by atomic mass is 16.5. The van der Waals surface area contributed by atoms with E-state index in [9.17, 15) is 19.6 Å². The van der Waals surface area contributed by atoms with Crippen LogP contribution in [-0.2, 0) is 4.79 Å². The summed E-state index contributed by atoms with van der Waals surface area (Å²) < 4.78 is 0. The molecular weight excluding hydrogens is 324 g/mol. The number of carbonyl (C=O) groups excluding carboxylic acids is 2. The molecule has 7 nitrogen and oxygen atoms in total. The van der Waals surface area contributed by atoms with Crippen LogP contribution >= 0.6 is 0 Å². The molecule has 0 aliphatic rings. The zero-order valence-electron chi connectivity index (χ0n) is 13.4. The van der Waals surface area contributed by atoms with Crippen molar-refractivity contribution in [1.82, 2.24) is 5.32 Å². The number of anilines is 1. The number of hydroxylamine groups is 1. The SMILES string of the molecule is O=C(O)CCCNC(=O)c1ccc(N(O)C(=O)c2ccccc2)cc1. The van der Waals surface area contributed by atoms with Crippen LogP contribution in [0.25, 0.3) is 0 Å². The molecule has 7 heteroatoms. The quantitative estimate of drug-likeness (QED) is 0.407. The van der Waals surface area contributed by atoms with Gasteiger partial charge in [0.15, 0.2) is 0 Å². The molecule has 25 heavy (non-hydrogen) atoms. The second kappa shape index (κ2) is 8.60. The third-order valence-corrected chi connectivity index (χ3v) is 3.44. The number of aliphatic carboxylic acids is 1. The Balaban J connectivity index is 1.95. The molecule has 0 spiro atoms. The van der Waals surface area contributed by atoms with Crippen LogP contribution in [-0.4, -0.2) is 34.6 Å². The largest absolute Gasteiger partial charge is 0.481 e. The molecule has 0 atom stereocenters. The number of carbonyl (C=O) groups is 3. The minimum atomic E-state index is -0.912. The van der Waals surface area contributed by atoms with E-state index in [0.29, 0.717) is 22.6 Å². The molecule has 0 saturated heterocycles. The Bertz CT molecular complexity index is 744. The molecule has 0 bridgehead atoms. The molecule has 0 saturated carbocycles. The third-order valence-electron chi connectivity index (χ3n) is 3.44. The van der Waals surface area contributed by atoms with Crippen LogP contribution < -0.4 is 10.4 Å². The molecule has 2 aromatic rings. The number of rotatable bonds is 7. The number of amides is 2. The van der Waals surface area contributed by atoms with Gasteiger partial charge in [-0.05, 0) is 42.8 Å². The van der Waals surface area contributed by atoms with Gasteiger partial charge in [0.2, 0.25) is 0 Å². The predicted molar refractivity (Wildman–Crippen MR) is 90.7 cm³/mol. The fourth-order valence-corrected chi connectivity index (χ4v) is 2.12. The summed E-state index contributed by atoms with van der Waals surface area (Å²) in [5.41, 5.74) is 0.918. The Morgan fingerprint density at radius 1 is 0.920 bits per heavy atom. The molecule has 3 N–H and O–H groups in total. The highest BCUT2D eigenvalue weighted by Crippen LogP contribution is 2.16. The van der Waals surface area contributed by atoms with E-state index in [1.807, 2.05) is 0 Å². The summed E-state index contributed by atoms with van der Waals surface area (Å²) in [6.45, 7) is 0.255. The maximum Gasteiger partial charge on any atom is 0.303 e. The van der Waals surface area contributed by atoms with E-state index in [-0.39, 0.29) is 24.6 Å². The van der Waals surface area contributed by atoms with Gasteiger partial charge < -0.3 is 10.4 Å². The van der Waals surface area contributed by atoms with Crippen molar-refractivity contribution < 1.29 is 24.7 Å². The molecule has 0 aliphatic carbocycles. The number of hydrogen-bond donors (Lipinski definition) is 3. The van der Waals surface area contributed by atoms with Crippen LogP contribution in [0.5, 0.6) is 0 Å². The summed E-state index contributed by atoms with van der Waals surface area (Å²) in [6.07, 6.45) is 0.329. The standard InChI is InChI=1S/C18H18N2O5/c21-16(22)7-4-12-19-17(23)13-8-10-15(11-9-13)20(25)18(24)14-5-2-1-3-6-14/h1-3,5-6,8-11,25H,4,7,12H2,(H,19,23)(H,21,22). The Labute approximate surface area is 144 Å². The smallest absolute Gasteiger partial charge is 0.303 e. The van der Waals surface area contributed by atoms with Gasteiger partial charge in [-0.15, -0.1) is 0 Å². The Morgan fingerprint density at radius 2 is 1.56 bits per heavy atom. The maximum atomic E-state index is 12.1. The fraction of sp³-hybridized carbons (Fsp3) is 0.167. The lowest BCUT2D eigenvalue weighted by atomic mass is 10.1. The van der Waals surface area contributed by atoms with E-state index < -0.39 is 11.9 Å². The van der Waals surface area contributed by atoms with E-state index in [2.05, 4.69) is 5.32 Å². The maximum absolute atomic E-state index is 12.1. The number of nitrogens with one attached hydrogen (secondary N) is 1. The number of hydrogen-bond acceptors (Lipinski definition) is 4. The van der Waals surface area contributed by atoms with E-state index >= 15 is 0 Å². The van der Waals surface area contributed by atoms with Gasteiger partial charge in [0.25, 0.3) is 11.8 Å².